The van der Waals surface area contributed by atoms with E-state index in [1.807, 2.05) is 0 Å². The van der Waals surface area contributed by atoms with Crippen LogP contribution in [0.3, 0.4) is 0 Å². The minimum Gasteiger partial charge on any atom is -0.484 e. The third-order valence-corrected chi connectivity index (χ3v) is 4.01. The number of halogens is 1. The summed E-state index contributed by atoms with van der Waals surface area (Å²) in [7, 11) is 3.42. The van der Waals surface area contributed by atoms with Crippen molar-refractivity contribution in [2.24, 2.45) is 0 Å². The Morgan fingerprint density at radius 2 is 1.87 bits per heavy atom. The molecule has 1 aliphatic rings. The van der Waals surface area contributed by atoms with E-state index in [0.29, 0.717) is 23.9 Å². The minimum absolute atomic E-state index is 0.0103. The molecular formula is C16H22ClN3O3. The van der Waals surface area contributed by atoms with Crippen LogP contribution >= 0.6 is 11.6 Å². The zero-order valence-corrected chi connectivity index (χ0v) is 14.2. The molecule has 0 bridgehead atoms. The molecule has 0 spiro atoms. The normalized spacial score (nSPS) is 15.2. The second-order valence-corrected chi connectivity index (χ2v) is 6.18. The van der Waals surface area contributed by atoms with Crippen LogP contribution in [0.4, 0.5) is 4.79 Å². The molecule has 0 aromatic heterocycles. The fourth-order valence-corrected chi connectivity index (χ4v) is 2.47. The Labute approximate surface area is 141 Å². The minimum atomic E-state index is -0.0964. The van der Waals surface area contributed by atoms with Crippen molar-refractivity contribution in [3.63, 3.8) is 0 Å². The Morgan fingerprint density at radius 1 is 1.26 bits per heavy atom. The van der Waals surface area contributed by atoms with Crippen molar-refractivity contribution in [3.8, 4) is 5.75 Å². The summed E-state index contributed by atoms with van der Waals surface area (Å²) in [6.45, 7) is 1.26. The van der Waals surface area contributed by atoms with Gasteiger partial charge >= 0.3 is 6.03 Å². The SMILES string of the molecule is CN(C)C(=O)NC1CCN(C(=O)COc2ccc(Cl)cc2)CC1. The predicted octanol–water partition coefficient (Wildman–Crippen LogP) is 1.98. The first-order chi connectivity index (χ1) is 11.0. The highest BCUT2D eigenvalue weighted by atomic mass is 35.5. The summed E-state index contributed by atoms with van der Waals surface area (Å²) in [6.07, 6.45) is 1.51. The molecule has 0 atom stereocenters. The molecule has 0 unspecified atom stereocenters. The van der Waals surface area contributed by atoms with Gasteiger partial charge in [0.25, 0.3) is 5.91 Å². The summed E-state index contributed by atoms with van der Waals surface area (Å²) in [5.41, 5.74) is 0. The quantitative estimate of drug-likeness (QED) is 0.912. The highest BCUT2D eigenvalue weighted by Crippen LogP contribution is 2.16. The highest BCUT2D eigenvalue weighted by molar-refractivity contribution is 6.30. The summed E-state index contributed by atoms with van der Waals surface area (Å²) in [5.74, 6) is 0.577. The average molecular weight is 340 g/mol. The van der Waals surface area contributed by atoms with Gasteiger partial charge in [-0.2, -0.15) is 0 Å². The van der Waals surface area contributed by atoms with Crippen molar-refractivity contribution < 1.29 is 14.3 Å². The van der Waals surface area contributed by atoms with Gasteiger partial charge in [-0.1, -0.05) is 11.6 Å². The van der Waals surface area contributed by atoms with Crippen molar-refractivity contribution in [1.29, 1.82) is 0 Å². The molecule has 7 heteroatoms. The van der Waals surface area contributed by atoms with E-state index in [-0.39, 0.29) is 24.6 Å². The number of benzene rings is 1. The summed E-state index contributed by atoms with van der Waals surface area (Å²) in [4.78, 5) is 27.1. The van der Waals surface area contributed by atoms with Crippen LogP contribution in [0.15, 0.2) is 24.3 Å². The predicted molar refractivity (Wildman–Crippen MR) is 88.8 cm³/mol. The van der Waals surface area contributed by atoms with Crippen LogP contribution in [0.2, 0.25) is 5.02 Å². The Balaban J connectivity index is 1.73. The van der Waals surface area contributed by atoms with Gasteiger partial charge in [-0.15, -0.1) is 0 Å². The summed E-state index contributed by atoms with van der Waals surface area (Å²) in [6, 6.07) is 6.93. The van der Waals surface area contributed by atoms with E-state index < -0.39 is 0 Å². The molecule has 6 nitrogen and oxygen atoms in total. The molecule has 1 aliphatic heterocycles. The van der Waals surface area contributed by atoms with Gasteiger partial charge < -0.3 is 19.9 Å². The molecular weight excluding hydrogens is 318 g/mol. The first-order valence-electron chi connectivity index (χ1n) is 7.59. The van der Waals surface area contributed by atoms with Crippen molar-refractivity contribution in [2.75, 3.05) is 33.8 Å². The van der Waals surface area contributed by atoms with Crippen LogP contribution in [0.5, 0.6) is 5.75 Å². The summed E-state index contributed by atoms with van der Waals surface area (Å²) in [5, 5.41) is 3.58. The average Bonchev–Trinajstić information content (AvgIpc) is 2.54. The largest absolute Gasteiger partial charge is 0.484 e. The number of hydrogen-bond acceptors (Lipinski definition) is 3. The molecule has 1 fully saturated rings. The Hall–Kier alpha value is -1.95. The zero-order valence-electron chi connectivity index (χ0n) is 13.4. The van der Waals surface area contributed by atoms with Crippen LogP contribution in [0, 0.1) is 0 Å². The molecule has 1 aromatic carbocycles. The van der Waals surface area contributed by atoms with Gasteiger partial charge in [0.2, 0.25) is 0 Å². The lowest BCUT2D eigenvalue weighted by Gasteiger charge is -2.32. The molecule has 126 valence electrons. The highest BCUT2D eigenvalue weighted by Gasteiger charge is 2.24. The maximum atomic E-state index is 12.2. The molecule has 1 saturated heterocycles. The number of likely N-dealkylation sites (tertiary alicyclic amines) is 1. The second kappa shape index (κ2) is 8.06. The lowest BCUT2D eigenvalue weighted by molar-refractivity contribution is -0.134. The van der Waals surface area contributed by atoms with Gasteiger partial charge in [-0.3, -0.25) is 4.79 Å². The number of rotatable bonds is 4. The van der Waals surface area contributed by atoms with E-state index in [4.69, 9.17) is 16.3 Å². The van der Waals surface area contributed by atoms with Gasteiger partial charge in [0.15, 0.2) is 6.61 Å². The number of nitrogens with one attached hydrogen (secondary N) is 1. The first kappa shape index (κ1) is 17.4. The standard InChI is InChI=1S/C16H22ClN3O3/c1-19(2)16(22)18-13-7-9-20(10-8-13)15(21)11-23-14-5-3-12(17)4-6-14/h3-6,13H,7-11H2,1-2H3,(H,18,22). The van der Waals surface area contributed by atoms with Crippen molar-refractivity contribution >= 4 is 23.5 Å². The molecule has 0 aliphatic carbocycles. The maximum absolute atomic E-state index is 12.2. The van der Waals surface area contributed by atoms with Gasteiger partial charge in [-0.25, -0.2) is 4.79 Å². The second-order valence-electron chi connectivity index (χ2n) is 5.74. The third-order valence-electron chi connectivity index (χ3n) is 3.76. The van der Waals surface area contributed by atoms with Crippen molar-refractivity contribution in [1.82, 2.24) is 15.1 Å². The van der Waals surface area contributed by atoms with Gasteiger partial charge in [0, 0.05) is 38.2 Å². The molecule has 3 amide bonds. The number of carbonyl (C=O) groups is 2. The van der Waals surface area contributed by atoms with E-state index >= 15 is 0 Å². The van der Waals surface area contributed by atoms with Crippen LogP contribution in [0.25, 0.3) is 0 Å². The lowest BCUT2D eigenvalue weighted by atomic mass is 10.1. The van der Waals surface area contributed by atoms with Crippen LogP contribution in [0.1, 0.15) is 12.8 Å². The third kappa shape index (κ3) is 5.32. The number of piperidine rings is 1. The van der Waals surface area contributed by atoms with E-state index in [2.05, 4.69) is 5.32 Å². The van der Waals surface area contributed by atoms with E-state index in [9.17, 15) is 9.59 Å². The van der Waals surface area contributed by atoms with Gasteiger partial charge in [-0.05, 0) is 37.1 Å². The number of nitrogens with zero attached hydrogens (tertiary/aromatic N) is 2. The van der Waals surface area contributed by atoms with E-state index in [1.165, 1.54) is 4.90 Å². The van der Waals surface area contributed by atoms with Gasteiger partial charge in [0.1, 0.15) is 5.75 Å². The number of ether oxygens (including phenoxy) is 1. The fraction of sp³-hybridized carbons (Fsp3) is 0.500. The number of carbonyl (C=O) groups excluding carboxylic acids is 2. The number of urea groups is 1. The fourth-order valence-electron chi connectivity index (χ4n) is 2.34. The van der Waals surface area contributed by atoms with Crippen molar-refractivity contribution in [3.05, 3.63) is 29.3 Å². The molecule has 0 radical (unpaired) electrons. The van der Waals surface area contributed by atoms with Crippen molar-refractivity contribution in [2.45, 2.75) is 18.9 Å². The molecule has 23 heavy (non-hydrogen) atoms. The number of hydrogen-bond donors (Lipinski definition) is 1. The molecule has 1 aromatic rings. The maximum Gasteiger partial charge on any atom is 0.317 e. The Morgan fingerprint density at radius 3 is 2.43 bits per heavy atom. The number of amides is 3. The van der Waals surface area contributed by atoms with Crippen LogP contribution < -0.4 is 10.1 Å². The van der Waals surface area contributed by atoms with Gasteiger partial charge in [0.05, 0.1) is 0 Å². The monoisotopic (exact) mass is 339 g/mol. The molecule has 1 N–H and O–H groups in total. The zero-order chi connectivity index (χ0) is 16.8. The molecule has 1 heterocycles. The molecule has 0 saturated carbocycles. The van der Waals surface area contributed by atoms with Crippen LogP contribution in [-0.2, 0) is 4.79 Å². The lowest BCUT2D eigenvalue weighted by Crippen LogP contribution is -2.49. The summed E-state index contributed by atoms with van der Waals surface area (Å²) >= 11 is 5.80. The van der Waals surface area contributed by atoms with E-state index in [1.54, 1.807) is 43.3 Å². The first-order valence-corrected chi connectivity index (χ1v) is 7.97. The molecule has 2 rings (SSSR count). The Bertz CT molecular complexity index is 540. The smallest absolute Gasteiger partial charge is 0.317 e. The summed E-state index contributed by atoms with van der Waals surface area (Å²) < 4.78 is 5.47. The van der Waals surface area contributed by atoms with Crippen LogP contribution in [-0.4, -0.2) is 61.6 Å². The topological polar surface area (TPSA) is 61.9 Å². The Kier molecular flexibility index (Phi) is 6.10. The van der Waals surface area contributed by atoms with E-state index in [0.717, 1.165) is 12.8 Å².